The molecule has 33 heavy (non-hydrogen) atoms. The Morgan fingerprint density at radius 1 is 0.818 bits per heavy atom. The van der Waals surface area contributed by atoms with Crippen LogP contribution < -0.4 is 15.4 Å². The van der Waals surface area contributed by atoms with Crippen molar-refractivity contribution in [3.63, 3.8) is 0 Å². The quantitative estimate of drug-likeness (QED) is 0.305. The maximum absolute atomic E-state index is 13.0. The van der Waals surface area contributed by atoms with E-state index in [2.05, 4.69) is 10.6 Å². The van der Waals surface area contributed by atoms with E-state index in [4.69, 9.17) is 17.0 Å². The van der Waals surface area contributed by atoms with Crippen molar-refractivity contribution in [1.29, 1.82) is 0 Å². The number of hydrogen-bond acceptors (Lipinski definition) is 2. The van der Waals surface area contributed by atoms with Gasteiger partial charge in [-0.05, 0) is 59.2 Å². The molecule has 3 aromatic carbocycles. The van der Waals surface area contributed by atoms with Crippen LogP contribution >= 0.6 is 12.2 Å². The van der Waals surface area contributed by atoms with E-state index in [1.165, 1.54) is 7.11 Å². The molecule has 10 heteroatoms. The summed E-state index contributed by atoms with van der Waals surface area (Å²) in [6.45, 7) is -0.348. The molecule has 2 N–H and O–H groups in total. The average molecular weight is 484 g/mol. The highest BCUT2D eigenvalue weighted by atomic mass is 32.1. The number of benzene rings is 3. The zero-order valence-corrected chi connectivity index (χ0v) is 18.0. The normalized spacial score (nSPS) is 11.7. The van der Waals surface area contributed by atoms with Crippen LogP contribution in [0.4, 0.5) is 32.0 Å². The lowest BCUT2D eigenvalue weighted by molar-refractivity contribution is -0.143. The molecule has 0 spiro atoms. The van der Waals surface area contributed by atoms with Gasteiger partial charge in [0.25, 0.3) is 0 Å². The van der Waals surface area contributed by atoms with Crippen LogP contribution in [0.3, 0.4) is 0 Å². The van der Waals surface area contributed by atoms with Crippen LogP contribution in [0.1, 0.15) is 16.7 Å². The fourth-order valence-corrected chi connectivity index (χ4v) is 3.27. The van der Waals surface area contributed by atoms with Gasteiger partial charge in [-0.2, -0.15) is 26.3 Å². The van der Waals surface area contributed by atoms with Crippen LogP contribution in [0.5, 0.6) is 5.75 Å². The molecule has 174 valence electrons. The number of thiocarbonyl (C=S) groups is 1. The predicted octanol–water partition coefficient (Wildman–Crippen LogP) is 6.89. The average Bonchev–Trinajstić information content (AvgIpc) is 2.77. The lowest BCUT2D eigenvalue weighted by Gasteiger charge is -2.17. The molecule has 3 nitrogen and oxygen atoms in total. The van der Waals surface area contributed by atoms with E-state index < -0.39 is 23.5 Å². The van der Waals surface area contributed by atoms with Crippen molar-refractivity contribution >= 4 is 23.0 Å². The van der Waals surface area contributed by atoms with E-state index >= 15 is 0 Å². The summed E-state index contributed by atoms with van der Waals surface area (Å²) < 4.78 is 83.6. The maximum atomic E-state index is 13.0. The van der Waals surface area contributed by atoms with Gasteiger partial charge in [0.05, 0.1) is 23.9 Å². The molecule has 0 heterocycles. The first-order chi connectivity index (χ1) is 15.5. The smallest absolute Gasteiger partial charge is 0.416 e. The maximum Gasteiger partial charge on any atom is 0.416 e. The largest absolute Gasteiger partial charge is 0.495 e. The summed E-state index contributed by atoms with van der Waals surface area (Å²) in [4.78, 5) is 0. The number of hydrogen-bond donors (Lipinski definition) is 2. The van der Waals surface area contributed by atoms with Crippen molar-refractivity contribution < 1.29 is 31.1 Å². The second-order valence-electron chi connectivity index (χ2n) is 7.00. The predicted molar refractivity (Wildman–Crippen MR) is 118 cm³/mol. The molecular formula is C23H18F6N2OS. The number of nitrogens with one attached hydrogen (secondary N) is 2. The summed E-state index contributed by atoms with van der Waals surface area (Å²) in [6.07, 6.45) is -9.83. The van der Waals surface area contributed by atoms with Crippen LogP contribution in [0.25, 0.3) is 11.1 Å². The van der Waals surface area contributed by atoms with Gasteiger partial charge in [-0.15, -0.1) is 0 Å². The van der Waals surface area contributed by atoms with Crippen LogP contribution in [0.15, 0.2) is 66.7 Å². The van der Waals surface area contributed by atoms with Crippen LogP contribution in [0.2, 0.25) is 0 Å². The third-order valence-corrected chi connectivity index (χ3v) is 4.90. The number of methoxy groups -OCH3 is 1. The highest BCUT2D eigenvalue weighted by Gasteiger charge is 2.36. The molecule has 0 atom stereocenters. The van der Waals surface area contributed by atoms with Crippen molar-refractivity contribution in [2.24, 2.45) is 0 Å². The van der Waals surface area contributed by atoms with E-state index in [1.54, 1.807) is 12.1 Å². The van der Waals surface area contributed by atoms with Gasteiger partial charge < -0.3 is 15.4 Å². The van der Waals surface area contributed by atoms with Crippen molar-refractivity contribution in [3.8, 4) is 16.9 Å². The second-order valence-corrected chi connectivity index (χ2v) is 7.41. The summed E-state index contributed by atoms with van der Waals surface area (Å²) in [5.74, 6) is 0.456. The summed E-state index contributed by atoms with van der Waals surface area (Å²) >= 11 is 5.19. The standard InChI is InChI=1S/C23H18F6N2OS/c1-32-20-8-7-16(15-5-3-2-4-6-15)11-19(20)31-21(33)30-13-14-9-17(22(24,25)26)12-18(10-14)23(27,28)29/h2-12H,13H2,1H3,(H2,30,31,33). The molecule has 0 saturated heterocycles. The highest BCUT2D eigenvalue weighted by Crippen LogP contribution is 2.36. The molecule has 0 aliphatic carbocycles. The minimum absolute atomic E-state index is 0.00415. The minimum Gasteiger partial charge on any atom is -0.495 e. The minimum atomic E-state index is -4.92. The third kappa shape index (κ3) is 6.38. The molecular weight excluding hydrogens is 466 g/mol. The van der Waals surface area contributed by atoms with E-state index in [9.17, 15) is 26.3 Å². The molecule has 0 bridgehead atoms. The van der Waals surface area contributed by atoms with Crippen molar-refractivity contribution in [1.82, 2.24) is 5.32 Å². The highest BCUT2D eigenvalue weighted by molar-refractivity contribution is 7.80. The van der Waals surface area contributed by atoms with Gasteiger partial charge in [0.15, 0.2) is 5.11 Å². The molecule has 0 radical (unpaired) electrons. The van der Waals surface area contributed by atoms with E-state index in [0.29, 0.717) is 23.6 Å². The topological polar surface area (TPSA) is 33.3 Å². The van der Waals surface area contributed by atoms with Crippen LogP contribution in [-0.4, -0.2) is 12.2 Å². The molecule has 0 amide bonds. The summed E-state index contributed by atoms with van der Waals surface area (Å²) in [6, 6.07) is 16.2. The van der Waals surface area contributed by atoms with Gasteiger partial charge in [0.2, 0.25) is 0 Å². The van der Waals surface area contributed by atoms with Crippen LogP contribution in [0, 0.1) is 0 Å². The summed E-state index contributed by atoms with van der Waals surface area (Å²) in [7, 11) is 1.46. The van der Waals surface area contributed by atoms with Gasteiger partial charge in [0.1, 0.15) is 5.75 Å². The SMILES string of the molecule is COc1ccc(-c2ccccc2)cc1NC(=S)NCc1cc(C(F)(F)F)cc(C(F)(F)F)c1. The fraction of sp³-hybridized carbons (Fsp3) is 0.174. The van der Waals surface area contributed by atoms with Gasteiger partial charge in [0, 0.05) is 6.54 Å². The molecule has 0 saturated carbocycles. The molecule has 3 aromatic rings. The molecule has 3 rings (SSSR count). The first-order valence-corrected chi connectivity index (χ1v) is 9.95. The first kappa shape index (κ1) is 24.4. The third-order valence-electron chi connectivity index (χ3n) is 4.66. The van der Waals surface area contributed by atoms with E-state index in [0.717, 1.165) is 11.1 Å². The van der Waals surface area contributed by atoms with Crippen molar-refractivity contribution in [2.45, 2.75) is 18.9 Å². The lowest BCUT2D eigenvalue weighted by Crippen LogP contribution is -2.28. The number of anilines is 1. The zero-order valence-electron chi connectivity index (χ0n) is 17.1. The van der Waals surface area contributed by atoms with E-state index in [-0.39, 0.29) is 23.3 Å². The number of ether oxygens (including phenoxy) is 1. The van der Waals surface area contributed by atoms with Crippen molar-refractivity contribution in [2.75, 3.05) is 12.4 Å². The van der Waals surface area contributed by atoms with Crippen molar-refractivity contribution in [3.05, 3.63) is 83.4 Å². The van der Waals surface area contributed by atoms with Gasteiger partial charge in [-0.3, -0.25) is 0 Å². The zero-order chi connectivity index (χ0) is 24.2. The monoisotopic (exact) mass is 484 g/mol. The van der Waals surface area contributed by atoms with Crippen LogP contribution in [-0.2, 0) is 18.9 Å². The second kappa shape index (κ2) is 9.70. The Labute approximate surface area is 191 Å². The Bertz CT molecular complexity index is 1100. The number of halogens is 6. The Hall–Kier alpha value is -3.27. The molecule has 0 aliphatic rings. The Kier molecular flexibility index (Phi) is 7.16. The van der Waals surface area contributed by atoms with Gasteiger partial charge in [-0.1, -0.05) is 36.4 Å². The lowest BCUT2D eigenvalue weighted by atomic mass is 10.0. The van der Waals surface area contributed by atoms with E-state index in [1.807, 2.05) is 36.4 Å². The van der Waals surface area contributed by atoms with Gasteiger partial charge >= 0.3 is 12.4 Å². The van der Waals surface area contributed by atoms with Gasteiger partial charge in [-0.25, -0.2) is 0 Å². The molecule has 0 aromatic heterocycles. The molecule has 0 fully saturated rings. The Morgan fingerprint density at radius 3 is 1.97 bits per heavy atom. The number of alkyl halides is 6. The molecule has 0 aliphatic heterocycles. The first-order valence-electron chi connectivity index (χ1n) is 9.54. The Balaban J connectivity index is 1.78. The number of rotatable bonds is 5. The Morgan fingerprint density at radius 2 is 1.42 bits per heavy atom. The fourth-order valence-electron chi connectivity index (χ4n) is 3.09. The summed E-state index contributed by atoms with van der Waals surface area (Å²) in [5, 5.41) is 5.53. The summed E-state index contributed by atoms with van der Waals surface area (Å²) in [5.41, 5.74) is -0.710. The molecule has 0 unspecified atom stereocenters.